The molecule has 0 fully saturated rings. The predicted molar refractivity (Wildman–Crippen MR) is 91.7 cm³/mol. The van der Waals surface area contributed by atoms with E-state index in [-0.39, 0.29) is 0 Å². The van der Waals surface area contributed by atoms with E-state index in [1.54, 1.807) is 37.2 Å². The lowest BCUT2D eigenvalue weighted by Gasteiger charge is -2.08. The summed E-state index contributed by atoms with van der Waals surface area (Å²) in [4.78, 5) is 21.6. The summed E-state index contributed by atoms with van der Waals surface area (Å²) in [6.45, 7) is 0. The summed E-state index contributed by atoms with van der Waals surface area (Å²) in [5.41, 5.74) is 4.63. The van der Waals surface area contributed by atoms with Gasteiger partial charge in [-0.05, 0) is 42.5 Å². The molecule has 0 saturated carbocycles. The molecule has 0 aliphatic carbocycles. The molecule has 4 aromatic rings. The van der Waals surface area contributed by atoms with Crippen molar-refractivity contribution in [1.82, 2.24) is 24.9 Å². The Kier molecular flexibility index (Phi) is 3.73. The highest BCUT2D eigenvalue weighted by molar-refractivity contribution is 5.71. The summed E-state index contributed by atoms with van der Waals surface area (Å²) in [6, 6.07) is 13.5. The monoisotopic (exact) mass is 311 g/mol. The highest BCUT2D eigenvalue weighted by atomic mass is 14.9. The van der Waals surface area contributed by atoms with E-state index in [2.05, 4.69) is 15.0 Å². The first kappa shape index (κ1) is 14.1. The number of hydrogen-bond acceptors (Lipinski definition) is 5. The molecule has 0 saturated heterocycles. The van der Waals surface area contributed by atoms with Crippen LogP contribution in [-0.2, 0) is 0 Å². The standard InChI is InChI=1S/C19H13N5/c1-7-20-8-2-14(1)17-13-18(15-3-9-21-10-4-15)24-19(23-17)16-5-11-22-12-6-16/h1-13H. The lowest BCUT2D eigenvalue weighted by molar-refractivity contribution is 1.17. The lowest BCUT2D eigenvalue weighted by atomic mass is 10.1. The second-order valence-corrected chi connectivity index (χ2v) is 5.17. The molecule has 5 heteroatoms. The van der Waals surface area contributed by atoms with E-state index in [1.807, 2.05) is 42.5 Å². The van der Waals surface area contributed by atoms with Crippen LogP contribution in [-0.4, -0.2) is 24.9 Å². The van der Waals surface area contributed by atoms with Crippen molar-refractivity contribution < 1.29 is 0 Å². The molecule has 0 aliphatic rings. The van der Waals surface area contributed by atoms with Crippen LogP contribution in [0.5, 0.6) is 0 Å². The fourth-order valence-electron chi connectivity index (χ4n) is 2.42. The molecule has 0 amide bonds. The molecule has 4 heterocycles. The van der Waals surface area contributed by atoms with Crippen LogP contribution >= 0.6 is 0 Å². The third-order valence-corrected chi connectivity index (χ3v) is 3.62. The minimum atomic E-state index is 0.665. The Morgan fingerprint density at radius 3 is 1.25 bits per heavy atom. The summed E-state index contributed by atoms with van der Waals surface area (Å²) in [6.07, 6.45) is 10.5. The number of nitrogens with zero attached hydrogens (tertiary/aromatic N) is 5. The fraction of sp³-hybridized carbons (Fsp3) is 0. The normalized spacial score (nSPS) is 10.5. The summed E-state index contributed by atoms with van der Waals surface area (Å²) in [5, 5.41) is 0. The second kappa shape index (κ2) is 6.34. The van der Waals surface area contributed by atoms with Crippen molar-refractivity contribution >= 4 is 0 Å². The average Bonchev–Trinajstić information content (AvgIpc) is 2.70. The molecule has 0 N–H and O–H groups in total. The predicted octanol–water partition coefficient (Wildman–Crippen LogP) is 3.66. The molecule has 0 radical (unpaired) electrons. The molecule has 0 bridgehead atoms. The van der Waals surface area contributed by atoms with Gasteiger partial charge in [0, 0.05) is 53.9 Å². The fourth-order valence-corrected chi connectivity index (χ4v) is 2.42. The zero-order chi connectivity index (χ0) is 16.2. The van der Waals surface area contributed by atoms with Gasteiger partial charge in [-0.1, -0.05) is 0 Å². The van der Waals surface area contributed by atoms with Gasteiger partial charge in [0.05, 0.1) is 11.4 Å². The minimum Gasteiger partial charge on any atom is -0.265 e. The topological polar surface area (TPSA) is 64.5 Å². The first-order valence-electron chi connectivity index (χ1n) is 7.50. The van der Waals surface area contributed by atoms with E-state index in [4.69, 9.17) is 9.97 Å². The Morgan fingerprint density at radius 2 is 0.833 bits per heavy atom. The Morgan fingerprint density at radius 1 is 0.458 bits per heavy atom. The third kappa shape index (κ3) is 2.87. The molecule has 0 atom stereocenters. The van der Waals surface area contributed by atoms with Gasteiger partial charge in [0.25, 0.3) is 0 Å². The van der Waals surface area contributed by atoms with E-state index in [0.717, 1.165) is 28.1 Å². The quantitative estimate of drug-likeness (QED) is 0.577. The maximum Gasteiger partial charge on any atom is 0.160 e. The van der Waals surface area contributed by atoms with Crippen LogP contribution in [0.1, 0.15) is 0 Å². The van der Waals surface area contributed by atoms with Crippen LogP contribution in [0.4, 0.5) is 0 Å². The van der Waals surface area contributed by atoms with Crippen molar-refractivity contribution in [3.8, 4) is 33.9 Å². The molecule has 114 valence electrons. The molecule has 4 rings (SSSR count). The van der Waals surface area contributed by atoms with Gasteiger partial charge in [-0.3, -0.25) is 15.0 Å². The number of pyridine rings is 3. The molecule has 0 spiro atoms. The van der Waals surface area contributed by atoms with Crippen LogP contribution in [0, 0.1) is 0 Å². The summed E-state index contributed by atoms with van der Waals surface area (Å²) >= 11 is 0. The maximum absolute atomic E-state index is 4.72. The number of rotatable bonds is 3. The summed E-state index contributed by atoms with van der Waals surface area (Å²) in [5.74, 6) is 0.665. The van der Waals surface area contributed by atoms with Crippen LogP contribution in [0.15, 0.2) is 79.6 Å². The second-order valence-electron chi connectivity index (χ2n) is 5.17. The SMILES string of the molecule is c1cc(-c2cc(-c3ccncc3)nc(-c3ccncc3)n2)ccn1. The number of aromatic nitrogens is 5. The van der Waals surface area contributed by atoms with Crippen molar-refractivity contribution in [3.05, 3.63) is 79.6 Å². The molecule has 0 aliphatic heterocycles. The summed E-state index contributed by atoms with van der Waals surface area (Å²) < 4.78 is 0. The van der Waals surface area contributed by atoms with Gasteiger partial charge in [0.2, 0.25) is 0 Å². The smallest absolute Gasteiger partial charge is 0.160 e. The third-order valence-electron chi connectivity index (χ3n) is 3.62. The zero-order valence-corrected chi connectivity index (χ0v) is 12.7. The Bertz CT molecular complexity index is 801. The minimum absolute atomic E-state index is 0.665. The van der Waals surface area contributed by atoms with Crippen LogP contribution in [0.3, 0.4) is 0 Å². The van der Waals surface area contributed by atoms with E-state index in [9.17, 15) is 0 Å². The van der Waals surface area contributed by atoms with Gasteiger partial charge >= 0.3 is 0 Å². The Labute approximate surface area is 139 Å². The molecule has 0 aromatic carbocycles. The van der Waals surface area contributed by atoms with Crippen LogP contribution in [0.2, 0.25) is 0 Å². The average molecular weight is 311 g/mol. The van der Waals surface area contributed by atoms with E-state index < -0.39 is 0 Å². The van der Waals surface area contributed by atoms with Crippen LogP contribution < -0.4 is 0 Å². The Balaban J connectivity index is 1.92. The molecule has 0 unspecified atom stereocenters. The van der Waals surface area contributed by atoms with Gasteiger partial charge in [-0.25, -0.2) is 9.97 Å². The Hall–Kier alpha value is -3.47. The van der Waals surface area contributed by atoms with Crippen molar-refractivity contribution in [3.63, 3.8) is 0 Å². The van der Waals surface area contributed by atoms with Gasteiger partial charge < -0.3 is 0 Å². The molecule has 4 aromatic heterocycles. The first-order valence-corrected chi connectivity index (χ1v) is 7.50. The first-order chi connectivity index (χ1) is 11.9. The van der Waals surface area contributed by atoms with Gasteiger partial charge in [-0.15, -0.1) is 0 Å². The van der Waals surface area contributed by atoms with E-state index >= 15 is 0 Å². The zero-order valence-electron chi connectivity index (χ0n) is 12.7. The largest absolute Gasteiger partial charge is 0.265 e. The van der Waals surface area contributed by atoms with Crippen LogP contribution in [0.25, 0.3) is 33.9 Å². The van der Waals surface area contributed by atoms with Gasteiger partial charge in [-0.2, -0.15) is 0 Å². The lowest BCUT2D eigenvalue weighted by Crippen LogP contribution is -1.96. The van der Waals surface area contributed by atoms with Crippen molar-refractivity contribution in [1.29, 1.82) is 0 Å². The van der Waals surface area contributed by atoms with Gasteiger partial charge in [0.1, 0.15) is 0 Å². The van der Waals surface area contributed by atoms with Crippen molar-refractivity contribution in [2.75, 3.05) is 0 Å². The number of hydrogen-bond donors (Lipinski definition) is 0. The van der Waals surface area contributed by atoms with E-state index in [1.165, 1.54) is 0 Å². The molecular weight excluding hydrogens is 298 g/mol. The molecule has 24 heavy (non-hydrogen) atoms. The van der Waals surface area contributed by atoms with E-state index in [0.29, 0.717) is 5.82 Å². The highest BCUT2D eigenvalue weighted by Gasteiger charge is 2.10. The molecule has 5 nitrogen and oxygen atoms in total. The highest BCUT2D eigenvalue weighted by Crippen LogP contribution is 2.26. The van der Waals surface area contributed by atoms with Crippen molar-refractivity contribution in [2.45, 2.75) is 0 Å². The molecular formula is C19H13N5. The summed E-state index contributed by atoms with van der Waals surface area (Å²) in [7, 11) is 0. The van der Waals surface area contributed by atoms with Gasteiger partial charge in [0.15, 0.2) is 5.82 Å². The maximum atomic E-state index is 4.72. The van der Waals surface area contributed by atoms with Crippen molar-refractivity contribution in [2.24, 2.45) is 0 Å².